The molecule has 190 valence electrons. The molecule has 2 aromatic carbocycles. The first-order chi connectivity index (χ1) is 18.1. The van der Waals surface area contributed by atoms with Crippen LogP contribution in [0.15, 0.2) is 60.9 Å². The van der Waals surface area contributed by atoms with Crippen LogP contribution in [0.4, 0.5) is 0 Å². The molecule has 2 unspecified atom stereocenters. The predicted molar refractivity (Wildman–Crippen MR) is 139 cm³/mol. The molecule has 2 aromatic heterocycles. The fourth-order valence-electron chi connectivity index (χ4n) is 5.59. The molecule has 2 saturated carbocycles. The van der Waals surface area contributed by atoms with Crippen LogP contribution < -0.4 is 4.74 Å². The number of rotatable bonds is 8. The Balaban J connectivity index is 1.27. The van der Waals surface area contributed by atoms with E-state index in [0.29, 0.717) is 11.6 Å². The monoisotopic (exact) mass is 497 g/mol. The van der Waals surface area contributed by atoms with E-state index < -0.39 is 5.97 Å². The first-order valence-electron chi connectivity index (χ1n) is 13.1. The van der Waals surface area contributed by atoms with Gasteiger partial charge in [0.15, 0.2) is 0 Å². The fourth-order valence-corrected chi connectivity index (χ4v) is 5.59. The molecule has 2 aliphatic carbocycles. The molecular weight excluding hydrogens is 466 g/mol. The normalized spacial score (nSPS) is 19.6. The Morgan fingerprint density at radius 2 is 1.84 bits per heavy atom. The maximum absolute atomic E-state index is 12.0. The predicted octanol–water partition coefficient (Wildman–Crippen LogP) is 5.60. The smallest absolute Gasteiger partial charge is 0.339 e. The minimum Gasteiger partial charge on any atom is -0.493 e. The molecule has 8 heteroatoms. The van der Waals surface area contributed by atoms with Crippen LogP contribution in [0.1, 0.15) is 72.1 Å². The van der Waals surface area contributed by atoms with Crippen LogP contribution in [0.5, 0.6) is 5.75 Å². The molecule has 0 spiro atoms. The van der Waals surface area contributed by atoms with Crippen LogP contribution in [-0.4, -0.2) is 42.5 Å². The van der Waals surface area contributed by atoms with E-state index in [9.17, 15) is 9.90 Å². The molecule has 2 heterocycles. The molecule has 0 bridgehead atoms. The van der Waals surface area contributed by atoms with Gasteiger partial charge in [0.1, 0.15) is 11.3 Å². The van der Waals surface area contributed by atoms with Crippen LogP contribution in [0, 0.1) is 5.92 Å². The van der Waals surface area contributed by atoms with E-state index >= 15 is 0 Å². The Morgan fingerprint density at radius 3 is 2.59 bits per heavy atom. The number of hydrogen-bond acceptors (Lipinski definition) is 5. The zero-order chi connectivity index (χ0) is 25.4. The van der Waals surface area contributed by atoms with Gasteiger partial charge in [0, 0.05) is 25.1 Å². The lowest BCUT2D eigenvalue weighted by Gasteiger charge is -2.21. The largest absolute Gasteiger partial charge is 0.493 e. The van der Waals surface area contributed by atoms with Gasteiger partial charge in [0.05, 0.1) is 29.9 Å². The van der Waals surface area contributed by atoms with Gasteiger partial charge in [0.25, 0.3) is 0 Å². The average Bonchev–Trinajstić information content (AvgIpc) is 3.37. The highest BCUT2D eigenvalue weighted by Crippen LogP contribution is 2.55. The maximum Gasteiger partial charge on any atom is 0.339 e. The van der Waals surface area contributed by atoms with E-state index in [1.165, 1.54) is 38.3 Å². The molecular formula is C29H31N5O3. The highest BCUT2D eigenvalue weighted by atomic mass is 16.5. The lowest BCUT2D eigenvalue weighted by Crippen LogP contribution is -2.15. The molecule has 0 saturated heterocycles. The number of aryl methyl sites for hydroxylation is 1. The third-order valence-electron chi connectivity index (χ3n) is 7.65. The van der Waals surface area contributed by atoms with Gasteiger partial charge in [-0.3, -0.25) is 4.68 Å². The molecule has 0 amide bonds. The summed E-state index contributed by atoms with van der Waals surface area (Å²) in [5, 5.41) is 22.7. The number of aromatic nitrogens is 5. The van der Waals surface area contributed by atoms with Crippen molar-refractivity contribution >= 4 is 5.97 Å². The lowest BCUT2D eigenvalue weighted by molar-refractivity contribution is 0.0695. The van der Waals surface area contributed by atoms with Crippen molar-refractivity contribution < 1.29 is 14.6 Å². The van der Waals surface area contributed by atoms with Gasteiger partial charge in [-0.2, -0.15) is 5.10 Å². The lowest BCUT2D eigenvalue weighted by atomic mass is 9.90. The zero-order valence-electron chi connectivity index (χ0n) is 21.0. The quantitative estimate of drug-likeness (QED) is 0.341. The van der Waals surface area contributed by atoms with Crippen molar-refractivity contribution in [2.45, 2.75) is 50.4 Å². The molecule has 2 fully saturated rings. The summed E-state index contributed by atoms with van der Waals surface area (Å²) in [7, 11) is 1.84. The van der Waals surface area contributed by atoms with Crippen LogP contribution in [0.3, 0.4) is 0 Å². The summed E-state index contributed by atoms with van der Waals surface area (Å²) < 4.78 is 9.62. The summed E-state index contributed by atoms with van der Waals surface area (Å²) in [6.45, 7) is 0.770. The van der Waals surface area contributed by atoms with Crippen molar-refractivity contribution in [2.24, 2.45) is 13.0 Å². The van der Waals surface area contributed by atoms with Gasteiger partial charge < -0.3 is 9.84 Å². The number of carboxylic acid groups (broad SMARTS) is 1. The van der Waals surface area contributed by atoms with Gasteiger partial charge in [-0.05, 0) is 60.6 Å². The van der Waals surface area contributed by atoms with Crippen molar-refractivity contribution in [3.63, 3.8) is 0 Å². The second-order valence-electron chi connectivity index (χ2n) is 10.3. The number of carbonyl (C=O) groups is 1. The van der Waals surface area contributed by atoms with Crippen molar-refractivity contribution in [3.05, 3.63) is 77.9 Å². The van der Waals surface area contributed by atoms with Crippen molar-refractivity contribution in [1.29, 1.82) is 0 Å². The number of aromatic carboxylic acids is 1. The Hall–Kier alpha value is -3.94. The van der Waals surface area contributed by atoms with Gasteiger partial charge in [-0.25, -0.2) is 9.48 Å². The summed E-state index contributed by atoms with van der Waals surface area (Å²) >= 11 is 0. The van der Waals surface area contributed by atoms with Crippen LogP contribution in [0.25, 0.3) is 16.8 Å². The summed E-state index contributed by atoms with van der Waals surface area (Å²) in [6.07, 6.45) is 10.6. The SMILES string of the molecule is Cn1cc(C2CC2c2c(C(=O)O)cnn2-c2cccc(-c3cccc(OCC4CCCCC4)c3)c2)nn1. The minimum absolute atomic E-state index is 0.0328. The number of benzene rings is 2. The van der Waals surface area contributed by atoms with Crippen molar-refractivity contribution in [1.82, 2.24) is 24.8 Å². The Bertz CT molecular complexity index is 1420. The van der Waals surface area contributed by atoms with E-state index in [0.717, 1.165) is 41.3 Å². The van der Waals surface area contributed by atoms with E-state index in [-0.39, 0.29) is 17.4 Å². The summed E-state index contributed by atoms with van der Waals surface area (Å²) in [5.41, 5.74) is 4.75. The molecule has 2 aliphatic rings. The molecule has 1 N–H and O–H groups in total. The van der Waals surface area contributed by atoms with E-state index in [2.05, 4.69) is 39.7 Å². The first kappa shape index (κ1) is 23.5. The highest BCUT2D eigenvalue weighted by molar-refractivity contribution is 5.89. The molecule has 2 atom stereocenters. The van der Waals surface area contributed by atoms with E-state index in [1.54, 1.807) is 9.36 Å². The third-order valence-corrected chi connectivity index (χ3v) is 7.65. The highest BCUT2D eigenvalue weighted by Gasteiger charge is 2.46. The topological polar surface area (TPSA) is 95.1 Å². The average molecular weight is 498 g/mol. The van der Waals surface area contributed by atoms with Crippen LogP contribution >= 0.6 is 0 Å². The summed E-state index contributed by atoms with van der Waals surface area (Å²) in [5.74, 6) is 0.737. The minimum atomic E-state index is -0.968. The zero-order valence-corrected chi connectivity index (χ0v) is 21.0. The first-order valence-corrected chi connectivity index (χ1v) is 13.1. The number of ether oxygens (including phenoxy) is 1. The van der Waals surface area contributed by atoms with Gasteiger partial charge >= 0.3 is 5.97 Å². The second-order valence-corrected chi connectivity index (χ2v) is 10.3. The van der Waals surface area contributed by atoms with Gasteiger partial charge in [0.2, 0.25) is 0 Å². The second kappa shape index (κ2) is 9.84. The molecule has 0 aliphatic heterocycles. The fraction of sp³-hybridized carbons (Fsp3) is 0.379. The Labute approximate surface area is 215 Å². The number of hydrogen-bond donors (Lipinski definition) is 1. The maximum atomic E-state index is 12.0. The molecule has 6 rings (SSSR count). The van der Waals surface area contributed by atoms with Gasteiger partial charge in [-0.15, -0.1) is 5.10 Å². The van der Waals surface area contributed by atoms with Crippen LogP contribution in [-0.2, 0) is 7.05 Å². The molecule has 8 nitrogen and oxygen atoms in total. The van der Waals surface area contributed by atoms with E-state index in [4.69, 9.17) is 4.74 Å². The van der Waals surface area contributed by atoms with Gasteiger partial charge in [-0.1, -0.05) is 48.7 Å². The van der Waals surface area contributed by atoms with Crippen molar-refractivity contribution in [3.8, 4) is 22.6 Å². The Morgan fingerprint density at radius 1 is 1.05 bits per heavy atom. The molecule has 4 aromatic rings. The molecule has 37 heavy (non-hydrogen) atoms. The number of nitrogens with zero attached hydrogens (tertiary/aromatic N) is 5. The third kappa shape index (κ3) is 4.88. The van der Waals surface area contributed by atoms with E-state index in [1.807, 2.05) is 37.5 Å². The Kier molecular flexibility index (Phi) is 6.24. The summed E-state index contributed by atoms with van der Waals surface area (Å²) in [4.78, 5) is 12.0. The summed E-state index contributed by atoms with van der Waals surface area (Å²) in [6, 6.07) is 16.3. The molecule has 0 radical (unpaired) electrons. The number of carboxylic acids is 1. The standard InChI is InChI=1S/C29H31N5O3/c1-33-17-27(31-32-33)24-15-25(24)28-26(29(35)36)16-30-34(28)22-11-5-9-20(13-22)21-10-6-12-23(14-21)37-18-19-7-3-2-4-8-19/h5-6,9-14,16-17,19,24-25H,2-4,7-8,15,18H2,1H3,(H,35,36). The van der Waals surface area contributed by atoms with Crippen LogP contribution in [0.2, 0.25) is 0 Å². The van der Waals surface area contributed by atoms with Crippen molar-refractivity contribution in [2.75, 3.05) is 6.61 Å².